The van der Waals surface area contributed by atoms with Crippen molar-refractivity contribution < 1.29 is 14.7 Å². The van der Waals surface area contributed by atoms with Crippen molar-refractivity contribution in [3.05, 3.63) is 0 Å². The van der Waals surface area contributed by atoms with Crippen LogP contribution in [0.4, 0.5) is 4.79 Å². The van der Waals surface area contributed by atoms with Crippen molar-refractivity contribution in [2.24, 2.45) is 5.92 Å². The fraction of sp³-hybridized carbons (Fsp3) is 0.833. The van der Waals surface area contributed by atoms with E-state index < -0.39 is 5.97 Å². The molecule has 0 aliphatic rings. The van der Waals surface area contributed by atoms with Crippen LogP contribution in [0.5, 0.6) is 0 Å². The van der Waals surface area contributed by atoms with Crippen molar-refractivity contribution >= 4 is 12.0 Å². The molecule has 0 bridgehead atoms. The Morgan fingerprint density at radius 1 is 1.39 bits per heavy atom. The summed E-state index contributed by atoms with van der Waals surface area (Å²) in [6.07, 6.45) is 1.64. The van der Waals surface area contributed by atoms with Gasteiger partial charge in [-0.1, -0.05) is 6.92 Å². The largest absolute Gasteiger partial charge is 0.481 e. The molecule has 18 heavy (non-hydrogen) atoms. The first kappa shape index (κ1) is 16.7. The molecule has 2 amide bonds. The predicted molar refractivity (Wildman–Crippen MR) is 70.6 cm³/mol. The molecule has 1 unspecified atom stereocenters. The molecule has 0 rings (SSSR count). The van der Waals surface area contributed by atoms with Gasteiger partial charge >= 0.3 is 12.0 Å². The molecule has 1 atom stereocenters. The summed E-state index contributed by atoms with van der Waals surface area (Å²) < 4.78 is 0. The van der Waals surface area contributed by atoms with Crippen molar-refractivity contribution in [1.29, 1.82) is 0 Å². The van der Waals surface area contributed by atoms with Crippen molar-refractivity contribution in [1.82, 2.24) is 15.5 Å². The maximum absolute atomic E-state index is 11.7. The van der Waals surface area contributed by atoms with Gasteiger partial charge in [0.1, 0.15) is 0 Å². The number of carboxylic acids is 1. The molecule has 0 aromatic heterocycles. The quantitative estimate of drug-likeness (QED) is 0.533. The molecule has 0 aromatic rings. The maximum atomic E-state index is 11.7. The van der Waals surface area contributed by atoms with Crippen LogP contribution in [0.2, 0.25) is 0 Å². The van der Waals surface area contributed by atoms with E-state index in [1.165, 1.54) is 0 Å². The number of rotatable bonds is 9. The van der Waals surface area contributed by atoms with Gasteiger partial charge in [0.15, 0.2) is 0 Å². The summed E-state index contributed by atoms with van der Waals surface area (Å²) in [4.78, 5) is 23.7. The van der Waals surface area contributed by atoms with Crippen LogP contribution >= 0.6 is 0 Å². The number of carboxylic acid groups (broad SMARTS) is 1. The number of amides is 2. The Balaban J connectivity index is 3.70. The number of carbonyl (C=O) groups excluding carboxylic acids is 1. The Morgan fingerprint density at radius 3 is 2.61 bits per heavy atom. The van der Waals surface area contributed by atoms with Crippen LogP contribution in [-0.2, 0) is 4.79 Å². The van der Waals surface area contributed by atoms with E-state index in [4.69, 9.17) is 5.11 Å². The Kier molecular flexibility index (Phi) is 9.00. The SMILES string of the molecule is CNCCCN(C)C(=O)NCC(C)CCC(=O)O. The molecular formula is C12H25N3O3. The summed E-state index contributed by atoms with van der Waals surface area (Å²) in [6, 6.07) is -0.103. The lowest BCUT2D eigenvalue weighted by Crippen LogP contribution is -2.40. The monoisotopic (exact) mass is 259 g/mol. The Hall–Kier alpha value is -1.30. The summed E-state index contributed by atoms with van der Waals surface area (Å²) in [5.74, 6) is -0.617. The lowest BCUT2D eigenvalue weighted by atomic mass is 10.1. The second-order valence-corrected chi connectivity index (χ2v) is 4.60. The van der Waals surface area contributed by atoms with Gasteiger partial charge in [-0.15, -0.1) is 0 Å². The molecule has 0 radical (unpaired) electrons. The predicted octanol–water partition coefficient (Wildman–Crippen LogP) is 0.738. The molecule has 0 aromatic carbocycles. The zero-order valence-corrected chi connectivity index (χ0v) is 11.5. The molecule has 6 nitrogen and oxygen atoms in total. The number of hydrogen-bond acceptors (Lipinski definition) is 3. The van der Waals surface area contributed by atoms with E-state index in [2.05, 4.69) is 10.6 Å². The average Bonchev–Trinajstić information content (AvgIpc) is 2.33. The highest BCUT2D eigenvalue weighted by Gasteiger charge is 2.10. The zero-order valence-electron chi connectivity index (χ0n) is 11.5. The first-order chi connectivity index (χ1) is 8.47. The third kappa shape index (κ3) is 8.81. The standard InChI is InChI=1S/C12H25N3O3/c1-10(5-6-11(16)17)9-14-12(18)15(3)8-4-7-13-2/h10,13H,4-9H2,1-3H3,(H,14,18)(H,16,17). The van der Waals surface area contributed by atoms with E-state index in [1.54, 1.807) is 11.9 Å². The molecule has 0 spiro atoms. The number of aliphatic carboxylic acids is 1. The lowest BCUT2D eigenvalue weighted by molar-refractivity contribution is -0.137. The topological polar surface area (TPSA) is 81.7 Å². The number of carbonyl (C=O) groups is 2. The molecule has 0 fully saturated rings. The van der Waals surface area contributed by atoms with Crippen molar-refractivity contribution in [3.8, 4) is 0 Å². The molecule has 6 heteroatoms. The van der Waals surface area contributed by atoms with Gasteiger partial charge in [0.05, 0.1) is 0 Å². The number of hydrogen-bond donors (Lipinski definition) is 3. The zero-order chi connectivity index (χ0) is 14.0. The molecule has 0 aliphatic carbocycles. The van der Waals surface area contributed by atoms with Gasteiger partial charge in [0.2, 0.25) is 0 Å². The van der Waals surface area contributed by atoms with E-state index in [0.717, 1.165) is 13.0 Å². The van der Waals surface area contributed by atoms with Crippen LogP contribution < -0.4 is 10.6 Å². The highest BCUT2D eigenvalue weighted by Crippen LogP contribution is 2.04. The highest BCUT2D eigenvalue weighted by atomic mass is 16.4. The number of urea groups is 1. The van der Waals surface area contributed by atoms with Gasteiger partial charge in [0.25, 0.3) is 0 Å². The molecule has 0 saturated carbocycles. The summed E-state index contributed by atoms with van der Waals surface area (Å²) in [5, 5.41) is 14.4. The van der Waals surface area contributed by atoms with Crippen molar-refractivity contribution in [2.45, 2.75) is 26.2 Å². The van der Waals surface area contributed by atoms with Crippen LogP contribution in [0.3, 0.4) is 0 Å². The van der Waals surface area contributed by atoms with Crippen molar-refractivity contribution in [3.63, 3.8) is 0 Å². The van der Waals surface area contributed by atoms with E-state index in [-0.39, 0.29) is 18.4 Å². The molecular weight excluding hydrogens is 234 g/mol. The fourth-order valence-corrected chi connectivity index (χ4v) is 1.46. The van der Waals surface area contributed by atoms with E-state index in [9.17, 15) is 9.59 Å². The number of nitrogens with one attached hydrogen (secondary N) is 2. The summed E-state index contributed by atoms with van der Waals surface area (Å²) in [6.45, 7) is 4.04. The van der Waals surface area contributed by atoms with E-state index >= 15 is 0 Å². The van der Waals surface area contributed by atoms with Gasteiger partial charge in [-0.25, -0.2) is 4.79 Å². The maximum Gasteiger partial charge on any atom is 0.317 e. The Morgan fingerprint density at radius 2 is 2.06 bits per heavy atom. The number of nitrogens with zero attached hydrogens (tertiary/aromatic N) is 1. The summed E-state index contributed by atoms with van der Waals surface area (Å²) >= 11 is 0. The molecule has 106 valence electrons. The normalized spacial score (nSPS) is 11.9. The van der Waals surface area contributed by atoms with Crippen molar-refractivity contribution in [2.75, 3.05) is 33.7 Å². The minimum absolute atomic E-state index is 0.103. The van der Waals surface area contributed by atoms with E-state index in [1.807, 2.05) is 14.0 Å². The smallest absolute Gasteiger partial charge is 0.317 e. The second-order valence-electron chi connectivity index (χ2n) is 4.60. The second kappa shape index (κ2) is 9.70. The average molecular weight is 259 g/mol. The minimum Gasteiger partial charge on any atom is -0.481 e. The fourth-order valence-electron chi connectivity index (χ4n) is 1.46. The summed E-state index contributed by atoms with van der Waals surface area (Å²) in [5.41, 5.74) is 0. The van der Waals surface area contributed by atoms with Crippen LogP contribution in [0.15, 0.2) is 0 Å². The molecule has 3 N–H and O–H groups in total. The van der Waals surface area contributed by atoms with Crippen LogP contribution in [0.1, 0.15) is 26.2 Å². The first-order valence-corrected chi connectivity index (χ1v) is 6.32. The minimum atomic E-state index is -0.794. The van der Waals surface area contributed by atoms with E-state index in [0.29, 0.717) is 19.5 Å². The third-order valence-corrected chi connectivity index (χ3v) is 2.72. The highest BCUT2D eigenvalue weighted by molar-refractivity contribution is 5.73. The van der Waals surface area contributed by atoms with Gasteiger partial charge in [-0.05, 0) is 32.4 Å². The third-order valence-electron chi connectivity index (χ3n) is 2.72. The summed E-state index contributed by atoms with van der Waals surface area (Å²) in [7, 11) is 3.64. The van der Waals surface area contributed by atoms with Gasteiger partial charge in [-0.3, -0.25) is 4.79 Å². The van der Waals surface area contributed by atoms with Crippen LogP contribution in [0, 0.1) is 5.92 Å². The molecule has 0 aliphatic heterocycles. The molecule has 0 saturated heterocycles. The first-order valence-electron chi connectivity index (χ1n) is 6.32. The van der Waals surface area contributed by atoms with Crippen LogP contribution in [-0.4, -0.2) is 55.7 Å². The van der Waals surface area contributed by atoms with Gasteiger partial charge in [0, 0.05) is 26.6 Å². The molecule has 0 heterocycles. The Labute approximate surface area is 109 Å². The van der Waals surface area contributed by atoms with Gasteiger partial charge in [-0.2, -0.15) is 0 Å². The van der Waals surface area contributed by atoms with Gasteiger partial charge < -0.3 is 20.6 Å². The Bertz CT molecular complexity index is 259. The lowest BCUT2D eigenvalue weighted by Gasteiger charge is -2.19. The van der Waals surface area contributed by atoms with Crippen LogP contribution in [0.25, 0.3) is 0 Å².